The molecule has 2 aliphatic rings. The summed E-state index contributed by atoms with van der Waals surface area (Å²) in [6.07, 6.45) is 1.68. The summed E-state index contributed by atoms with van der Waals surface area (Å²) in [6, 6.07) is 13.6. The second-order valence-electron chi connectivity index (χ2n) is 9.08. The summed E-state index contributed by atoms with van der Waals surface area (Å²) in [7, 11) is -5.60. The standard InChI is InChI=1S/C25H20F3N5O5S/c1-15-14-24(15)21(34)32(17-7-9-19(10-8-17)39(37,38)25(26,27)28)23(36)33(24)18-11-12-29-20(13-18)31-22(35)30-16-5-3-2-4-6-16/h2-13,15H,14H2,1H3,(H2,29,30,31,35). The first-order chi connectivity index (χ1) is 18.4. The summed E-state index contributed by atoms with van der Waals surface area (Å²) >= 11 is 0. The second kappa shape index (κ2) is 9.08. The average Bonchev–Trinajstić information content (AvgIpc) is 3.49. The number of alkyl halides is 3. The lowest BCUT2D eigenvalue weighted by Crippen LogP contribution is -2.39. The van der Waals surface area contributed by atoms with E-state index in [2.05, 4.69) is 15.6 Å². The van der Waals surface area contributed by atoms with Crippen LogP contribution in [-0.2, 0) is 14.6 Å². The van der Waals surface area contributed by atoms with E-state index in [9.17, 15) is 36.0 Å². The smallest absolute Gasteiger partial charge is 0.308 e. The van der Waals surface area contributed by atoms with Crippen LogP contribution < -0.4 is 20.4 Å². The molecule has 1 aliphatic carbocycles. The van der Waals surface area contributed by atoms with Crippen molar-refractivity contribution < 1.29 is 36.0 Å². The average molecular weight is 560 g/mol. The molecule has 2 N–H and O–H groups in total. The van der Waals surface area contributed by atoms with E-state index in [1.165, 1.54) is 23.2 Å². The lowest BCUT2D eigenvalue weighted by atomic mass is 10.1. The van der Waals surface area contributed by atoms with Gasteiger partial charge in [0.25, 0.3) is 15.7 Å². The molecule has 1 aromatic heterocycles. The van der Waals surface area contributed by atoms with Crippen molar-refractivity contribution in [2.75, 3.05) is 20.4 Å². The number of urea groups is 2. The van der Waals surface area contributed by atoms with Crippen LogP contribution in [0.4, 0.5) is 45.6 Å². The highest BCUT2D eigenvalue weighted by atomic mass is 32.2. The first-order valence-electron chi connectivity index (χ1n) is 11.6. The molecule has 2 atom stereocenters. The summed E-state index contributed by atoms with van der Waals surface area (Å²) in [5.41, 5.74) is -6.01. The van der Waals surface area contributed by atoms with Crippen molar-refractivity contribution in [1.29, 1.82) is 0 Å². The Kier molecular flexibility index (Phi) is 6.09. The summed E-state index contributed by atoms with van der Waals surface area (Å²) in [5.74, 6) is -0.737. The number of aromatic nitrogens is 1. The van der Waals surface area contributed by atoms with Crippen molar-refractivity contribution >= 4 is 50.7 Å². The van der Waals surface area contributed by atoms with Gasteiger partial charge in [-0.1, -0.05) is 25.1 Å². The van der Waals surface area contributed by atoms with Crippen LogP contribution in [0, 0.1) is 5.92 Å². The van der Waals surface area contributed by atoms with Crippen LogP contribution in [0.2, 0.25) is 0 Å². The van der Waals surface area contributed by atoms with Gasteiger partial charge in [0.15, 0.2) is 0 Å². The van der Waals surface area contributed by atoms with Crippen molar-refractivity contribution in [2.24, 2.45) is 5.92 Å². The Balaban J connectivity index is 1.42. The molecule has 2 heterocycles. The Bertz CT molecular complexity index is 1580. The van der Waals surface area contributed by atoms with E-state index in [1.807, 2.05) is 0 Å². The highest BCUT2D eigenvalue weighted by Gasteiger charge is 2.70. The highest BCUT2D eigenvalue weighted by molar-refractivity contribution is 7.92. The summed E-state index contributed by atoms with van der Waals surface area (Å²) in [6.45, 7) is 1.77. The van der Waals surface area contributed by atoms with Crippen molar-refractivity contribution in [3.63, 3.8) is 0 Å². The molecule has 1 saturated heterocycles. The number of halogens is 3. The maximum atomic E-state index is 13.5. The van der Waals surface area contributed by atoms with E-state index in [4.69, 9.17) is 0 Å². The van der Waals surface area contributed by atoms with E-state index in [1.54, 1.807) is 37.3 Å². The number of nitrogens with zero attached hydrogens (tertiary/aromatic N) is 3. The van der Waals surface area contributed by atoms with Crippen molar-refractivity contribution in [3.05, 3.63) is 72.9 Å². The Morgan fingerprint density at radius 2 is 1.64 bits per heavy atom. The van der Waals surface area contributed by atoms with Gasteiger partial charge in [-0.05, 0) is 54.8 Å². The Labute approximate surface area is 220 Å². The molecular weight excluding hydrogens is 539 g/mol. The van der Waals surface area contributed by atoms with Crippen molar-refractivity contribution in [3.8, 4) is 0 Å². The number of rotatable bonds is 5. The number of nitrogens with one attached hydrogen (secondary N) is 2. The molecule has 5 rings (SSSR count). The van der Waals surface area contributed by atoms with Crippen LogP contribution in [0.5, 0.6) is 0 Å². The summed E-state index contributed by atoms with van der Waals surface area (Å²) < 4.78 is 62.1. The van der Waals surface area contributed by atoms with E-state index in [0.717, 1.165) is 17.0 Å². The maximum absolute atomic E-state index is 13.5. The second-order valence-corrected chi connectivity index (χ2v) is 11.0. The molecule has 14 heteroatoms. The largest absolute Gasteiger partial charge is 0.501 e. The van der Waals surface area contributed by atoms with Crippen LogP contribution in [-0.4, -0.2) is 42.4 Å². The number of anilines is 4. The van der Waals surface area contributed by atoms with Crippen LogP contribution in [0.1, 0.15) is 13.3 Å². The number of carbonyl (C=O) groups excluding carboxylic acids is 3. The van der Waals surface area contributed by atoms with Gasteiger partial charge < -0.3 is 5.32 Å². The molecule has 5 amide bonds. The Morgan fingerprint density at radius 3 is 2.23 bits per heavy atom. The van der Waals surface area contributed by atoms with Gasteiger partial charge in [0.05, 0.1) is 16.3 Å². The molecule has 0 radical (unpaired) electrons. The number of para-hydroxylation sites is 1. The molecule has 2 unspecified atom stereocenters. The number of hydrogen-bond donors (Lipinski definition) is 2. The van der Waals surface area contributed by atoms with Gasteiger partial charge in [-0.2, -0.15) is 13.2 Å². The van der Waals surface area contributed by atoms with E-state index < -0.39 is 43.7 Å². The first-order valence-corrected chi connectivity index (χ1v) is 13.0. The minimum absolute atomic E-state index is 0.0817. The topological polar surface area (TPSA) is 129 Å². The lowest BCUT2D eigenvalue weighted by molar-refractivity contribution is -0.119. The van der Waals surface area contributed by atoms with Crippen LogP contribution >= 0.6 is 0 Å². The third-order valence-corrected chi connectivity index (χ3v) is 8.11. The number of hydrogen-bond acceptors (Lipinski definition) is 6. The molecule has 1 spiro atoms. The fraction of sp³-hybridized carbons (Fsp3) is 0.200. The molecule has 2 aromatic carbocycles. The molecule has 1 saturated carbocycles. The summed E-state index contributed by atoms with van der Waals surface area (Å²) in [5, 5.41) is 5.21. The quantitative estimate of drug-likeness (QED) is 0.434. The summed E-state index contributed by atoms with van der Waals surface area (Å²) in [4.78, 5) is 44.6. The number of benzene rings is 2. The lowest BCUT2D eigenvalue weighted by Gasteiger charge is -2.22. The predicted octanol–water partition coefficient (Wildman–Crippen LogP) is 4.77. The van der Waals surface area contributed by atoms with Gasteiger partial charge in [-0.15, -0.1) is 0 Å². The monoisotopic (exact) mass is 559 g/mol. The number of pyridine rings is 1. The zero-order valence-electron chi connectivity index (χ0n) is 20.1. The van der Waals surface area contributed by atoms with Crippen LogP contribution in [0.3, 0.4) is 0 Å². The number of sulfone groups is 1. The Morgan fingerprint density at radius 1 is 1.00 bits per heavy atom. The van der Waals surface area contributed by atoms with E-state index in [-0.39, 0.29) is 23.1 Å². The van der Waals surface area contributed by atoms with Crippen molar-refractivity contribution in [2.45, 2.75) is 29.3 Å². The van der Waals surface area contributed by atoms with Gasteiger partial charge >= 0.3 is 17.6 Å². The fourth-order valence-corrected chi connectivity index (χ4v) is 5.33. The Hall–Kier alpha value is -4.46. The molecular formula is C25H20F3N5O5S. The molecule has 10 nitrogen and oxygen atoms in total. The minimum Gasteiger partial charge on any atom is -0.308 e. The van der Waals surface area contributed by atoms with Gasteiger partial charge in [-0.25, -0.2) is 27.9 Å². The van der Waals surface area contributed by atoms with Gasteiger partial charge in [0, 0.05) is 18.0 Å². The number of imide groups is 1. The molecule has 2 fully saturated rings. The SMILES string of the molecule is CC1CC12C(=O)N(c1ccc(S(=O)(=O)C(F)(F)F)cc1)C(=O)N2c1ccnc(NC(=O)Nc2ccccc2)c1. The van der Waals surface area contributed by atoms with Gasteiger partial charge in [0.1, 0.15) is 11.4 Å². The number of carbonyl (C=O) groups is 3. The van der Waals surface area contributed by atoms with Gasteiger partial charge in [0.2, 0.25) is 0 Å². The van der Waals surface area contributed by atoms with Crippen LogP contribution in [0.25, 0.3) is 0 Å². The molecule has 0 bridgehead atoms. The first kappa shape index (κ1) is 26.2. The number of amides is 5. The van der Waals surface area contributed by atoms with Crippen molar-refractivity contribution in [1.82, 2.24) is 4.98 Å². The third kappa shape index (κ3) is 4.35. The molecule has 202 valence electrons. The van der Waals surface area contributed by atoms with E-state index >= 15 is 0 Å². The molecule has 39 heavy (non-hydrogen) atoms. The highest BCUT2D eigenvalue weighted by Crippen LogP contribution is 2.55. The molecule has 3 aromatic rings. The molecule has 1 aliphatic heterocycles. The fourth-order valence-electron chi connectivity index (χ4n) is 4.57. The van der Waals surface area contributed by atoms with E-state index in [0.29, 0.717) is 24.2 Å². The normalized spacial score (nSPS) is 20.9. The predicted molar refractivity (Wildman–Crippen MR) is 135 cm³/mol. The third-order valence-electron chi connectivity index (χ3n) is 6.61. The zero-order chi connectivity index (χ0) is 28.2. The van der Waals surface area contributed by atoms with Crippen LogP contribution in [0.15, 0.2) is 77.8 Å². The zero-order valence-corrected chi connectivity index (χ0v) is 21.0. The minimum atomic E-state index is -5.60. The van der Waals surface area contributed by atoms with Gasteiger partial charge in [-0.3, -0.25) is 15.0 Å². The maximum Gasteiger partial charge on any atom is 0.501 e.